The zero-order valence-electron chi connectivity index (χ0n) is 15.1. The number of rotatable bonds is 6. The number of ether oxygens (including phenoxy) is 1. The molecular formula is C19H21N3O5S. The molecule has 8 nitrogen and oxygen atoms in total. The lowest BCUT2D eigenvalue weighted by Gasteiger charge is -2.26. The molecule has 2 aromatic rings. The van der Waals surface area contributed by atoms with Crippen molar-refractivity contribution in [2.24, 2.45) is 5.73 Å². The number of carbonyl (C=O) groups is 2. The molecule has 1 heterocycles. The Balaban J connectivity index is 1.69. The Morgan fingerprint density at radius 1 is 1.04 bits per heavy atom. The van der Waals surface area contributed by atoms with Gasteiger partial charge < -0.3 is 15.8 Å². The van der Waals surface area contributed by atoms with E-state index in [0.717, 1.165) is 0 Å². The first-order valence-corrected chi connectivity index (χ1v) is 10.3. The number of hydrogen-bond donors (Lipinski definition) is 2. The van der Waals surface area contributed by atoms with Crippen LogP contribution in [0.3, 0.4) is 0 Å². The van der Waals surface area contributed by atoms with Crippen molar-refractivity contribution in [3.8, 4) is 0 Å². The van der Waals surface area contributed by atoms with E-state index in [1.807, 2.05) is 0 Å². The van der Waals surface area contributed by atoms with Crippen molar-refractivity contribution >= 4 is 27.5 Å². The molecule has 1 fully saturated rings. The van der Waals surface area contributed by atoms with Gasteiger partial charge in [-0.2, -0.15) is 4.31 Å². The van der Waals surface area contributed by atoms with Crippen LogP contribution in [0.1, 0.15) is 26.3 Å². The van der Waals surface area contributed by atoms with Gasteiger partial charge in [-0.25, -0.2) is 8.42 Å². The quantitative estimate of drug-likeness (QED) is 0.751. The van der Waals surface area contributed by atoms with Crippen molar-refractivity contribution in [3.05, 3.63) is 65.2 Å². The number of nitrogens with zero attached hydrogens (tertiary/aromatic N) is 1. The van der Waals surface area contributed by atoms with E-state index in [0.29, 0.717) is 43.1 Å². The molecule has 2 amide bonds. The second-order valence-corrected chi connectivity index (χ2v) is 8.30. The average molecular weight is 403 g/mol. The molecule has 3 N–H and O–H groups in total. The summed E-state index contributed by atoms with van der Waals surface area (Å²) in [5.74, 6) is -1.20. The first-order chi connectivity index (χ1) is 13.4. The topological polar surface area (TPSA) is 119 Å². The van der Waals surface area contributed by atoms with Crippen molar-refractivity contribution in [1.82, 2.24) is 4.31 Å². The molecule has 0 atom stereocenters. The Bertz CT molecular complexity index is 967. The van der Waals surface area contributed by atoms with Crippen molar-refractivity contribution in [2.75, 3.05) is 31.6 Å². The fraction of sp³-hybridized carbons (Fsp3) is 0.263. The lowest BCUT2D eigenvalue weighted by atomic mass is 10.1. The highest BCUT2D eigenvalue weighted by Crippen LogP contribution is 2.17. The van der Waals surface area contributed by atoms with E-state index < -0.39 is 21.8 Å². The maximum Gasteiger partial charge on any atom is 0.255 e. The van der Waals surface area contributed by atoms with Crippen molar-refractivity contribution < 1.29 is 22.7 Å². The fourth-order valence-electron chi connectivity index (χ4n) is 2.88. The van der Waals surface area contributed by atoms with E-state index in [1.165, 1.54) is 10.4 Å². The molecular weight excluding hydrogens is 382 g/mol. The Kier molecular flexibility index (Phi) is 6.08. The van der Waals surface area contributed by atoms with E-state index in [2.05, 4.69) is 5.32 Å². The van der Waals surface area contributed by atoms with Crippen LogP contribution in [-0.4, -0.2) is 50.8 Å². The maximum atomic E-state index is 12.5. The Morgan fingerprint density at radius 2 is 1.68 bits per heavy atom. The van der Waals surface area contributed by atoms with Crippen LogP contribution in [0, 0.1) is 0 Å². The number of sulfonamides is 1. The van der Waals surface area contributed by atoms with Gasteiger partial charge in [0.2, 0.25) is 10.0 Å². The number of nitrogens with one attached hydrogen (secondary N) is 1. The highest BCUT2D eigenvalue weighted by Gasteiger charge is 2.24. The van der Waals surface area contributed by atoms with Gasteiger partial charge in [-0.3, -0.25) is 9.59 Å². The molecule has 148 valence electrons. The minimum absolute atomic E-state index is 0.139. The normalized spacial score (nSPS) is 15.1. The van der Waals surface area contributed by atoms with Gasteiger partial charge in [0, 0.05) is 18.7 Å². The number of carbonyl (C=O) groups excluding carboxylic acids is 2. The molecule has 0 aromatic heterocycles. The van der Waals surface area contributed by atoms with Gasteiger partial charge in [0.1, 0.15) is 0 Å². The number of anilines is 1. The van der Waals surface area contributed by atoms with Crippen LogP contribution in [0.5, 0.6) is 0 Å². The van der Waals surface area contributed by atoms with Crippen molar-refractivity contribution in [3.63, 3.8) is 0 Å². The van der Waals surface area contributed by atoms with E-state index >= 15 is 0 Å². The van der Waals surface area contributed by atoms with Crippen LogP contribution in [0.4, 0.5) is 5.69 Å². The van der Waals surface area contributed by atoms with E-state index in [9.17, 15) is 18.0 Å². The zero-order chi connectivity index (χ0) is 20.1. The lowest BCUT2D eigenvalue weighted by molar-refractivity contribution is 0.0729. The first-order valence-electron chi connectivity index (χ1n) is 8.71. The highest BCUT2D eigenvalue weighted by atomic mass is 32.2. The number of hydrogen-bond acceptors (Lipinski definition) is 5. The number of morpholine rings is 1. The molecule has 0 spiro atoms. The number of para-hydroxylation sites is 1. The van der Waals surface area contributed by atoms with Crippen molar-refractivity contribution in [2.45, 2.75) is 5.75 Å². The molecule has 0 radical (unpaired) electrons. The predicted octanol–water partition coefficient (Wildman–Crippen LogP) is 1.20. The molecule has 28 heavy (non-hydrogen) atoms. The molecule has 0 bridgehead atoms. The molecule has 0 aliphatic carbocycles. The average Bonchev–Trinajstić information content (AvgIpc) is 2.69. The van der Waals surface area contributed by atoms with Gasteiger partial charge in [-0.1, -0.05) is 24.3 Å². The summed E-state index contributed by atoms with van der Waals surface area (Å²) in [4.78, 5) is 23.9. The van der Waals surface area contributed by atoms with Crippen LogP contribution in [0.2, 0.25) is 0 Å². The standard InChI is InChI=1S/C19H21N3O5S/c20-18(23)16-3-1-2-4-17(16)21-19(24)15-7-5-14(6-8-15)13-28(25,26)22-9-11-27-12-10-22/h1-8H,9-13H2,(H2,20,23)(H,21,24). The Morgan fingerprint density at radius 3 is 2.32 bits per heavy atom. The maximum absolute atomic E-state index is 12.5. The van der Waals surface area contributed by atoms with Crippen LogP contribution in [-0.2, 0) is 20.5 Å². The van der Waals surface area contributed by atoms with Gasteiger partial charge in [0.15, 0.2) is 0 Å². The summed E-state index contributed by atoms with van der Waals surface area (Å²) in [6.07, 6.45) is 0. The van der Waals surface area contributed by atoms with Crippen LogP contribution in [0.25, 0.3) is 0 Å². The number of primary amides is 1. The van der Waals surface area contributed by atoms with Gasteiger partial charge in [-0.15, -0.1) is 0 Å². The van der Waals surface area contributed by atoms with Crippen LogP contribution < -0.4 is 11.1 Å². The summed E-state index contributed by atoms with van der Waals surface area (Å²) in [6, 6.07) is 12.7. The first kappa shape index (κ1) is 20.0. The van der Waals surface area contributed by atoms with Crippen LogP contribution >= 0.6 is 0 Å². The third-order valence-corrected chi connectivity index (χ3v) is 6.22. The zero-order valence-corrected chi connectivity index (χ0v) is 15.9. The van der Waals surface area contributed by atoms with Gasteiger partial charge in [-0.05, 0) is 29.8 Å². The van der Waals surface area contributed by atoms with E-state index in [4.69, 9.17) is 10.5 Å². The highest BCUT2D eigenvalue weighted by molar-refractivity contribution is 7.88. The predicted molar refractivity (Wildman–Crippen MR) is 104 cm³/mol. The fourth-order valence-corrected chi connectivity index (χ4v) is 4.38. The summed E-state index contributed by atoms with van der Waals surface area (Å²) >= 11 is 0. The molecule has 1 aliphatic heterocycles. The minimum Gasteiger partial charge on any atom is -0.379 e. The second-order valence-electron chi connectivity index (χ2n) is 6.33. The summed E-state index contributed by atoms with van der Waals surface area (Å²) < 4.78 is 31.5. The molecule has 1 aliphatic rings. The molecule has 0 unspecified atom stereocenters. The van der Waals surface area contributed by atoms with E-state index in [1.54, 1.807) is 42.5 Å². The molecule has 2 aromatic carbocycles. The monoisotopic (exact) mass is 403 g/mol. The Labute approximate surface area is 163 Å². The van der Waals surface area contributed by atoms with Gasteiger partial charge in [0.25, 0.3) is 11.8 Å². The van der Waals surface area contributed by atoms with Gasteiger partial charge in [0.05, 0.1) is 30.2 Å². The minimum atomic E-state index is -3.43. The summed E-state index contributed by atoms with van der Waals surface area (Å²) in [5, 5.41) is 2.65. The number of benzene rings is 2. The summed E-state index contributed by atoms with van der Waals surface area (Å²) in [7, 11) is -3.43. The smallest absolute Gasteiger partial charge is 0.255 e. The number of nitrogens with two attached hydrogens (primary N) is 1. The molecule has 3 rings (SSSR count). The lowest BCUT2D eigenvalue weighted by Crippen LogP contribution is -2.41. The second kappa shape index (κ2) is 8.51. The molecule has 0 saturated carbocycles. The van der Waals surface area contributed by atoms with E-state index in [-0.39, 0.29) is 11.3 Å². The largest absolute Gasteiger partial charge is 0.379 e. The van der Waals surface area contributed by atoms with Crippen molar-refractivity contribution in [1.29, 1.82) is 0 Å². The van der Waals surface area contributed by atoms with Gasteiger partial charge >= 0.3 is 0 Å². The van der Waals surface area contributed by atoms with Crippen LogP contribution in [0.15, 0.2) is 48.5 Å². The third-order valence-electron chi connectivity index (χ3n) is 4.37. The summed E-state index contributed by atoms with van der Waals surface area (Å²) in [6.45, 7) is 1.49. The molecule has 9 heteroatoms. The molecule has 1 saturated heterocycles. The summed E-state index contributed by atoms with van der Waals surface area (Å²) in [5.41, 5.74) is 6.76. The number of amides is 2. The third kappa shape index (κ3) is 4.75. The SMILES string of the molecule is NC(=O)c1ccccc1NC(=O)c1ccc(CS(=O)(=O)N2CCOCC2)cc1. The Hall–Kier alpha value is -2.75.